The topological polar surface area (TPSA) is 140 Å². The monoisotopic (exact) mass is 297 g/mol. The van der Waals surface area contributed by atoms with Crippen LogP contribution in [0.2, 0.25) is 0 Å². The lowest BCUT2D eigenvalue weighted by Crippen LogP contribution is -2.17. The fourth-order valence-electron chi connectivity index (χ4n) is 1.42. The average Bonchev–Trinajstić information content (AvgIpc) is 2.76. The zero-order valence-corrected chi connectivity index (χ0v) is 11.1. The first-order valence-corrected chi connectivity index (χ1v) is 7.22. The Bertz CT molecular complexity index is 740. The highest BCUT2D eigenvalue weighted by atomic mass is 32.2. The molecule has 4 N–H and O–H groups in total. The Labute approximate surface area is 114 Å². The van der Waals surface area contributed by atoms with Crippen LogP contribution in [-0.2, 0) is 10.0 Å². The van der Waals surface area contributed by atoms with Crippen molar-refractivity contribution in [3.63, 3.8) is 0 Å². The van der Waals surface area contributed by atoms with Crippen molar-refractivity contribution >= 4 is 33.1 Å². The number of nitrogens with one attached hydrogen (secondary N) is 2. The number of sulfonamides is 1. The molecule has 0 saturated heterocycles. The van der Waals surface area contributed by atoms with Crippen molar-refractivity contribution in [3.05, 3.63) is 30.0 Å². The van der Waals surface area contributed by atoms with Crippen LogP contribution in [0.1, 0.15) is 10.5 Å². The lowest BCUT2D eigenvalue weighted by atomic mass is 10.2. The molecule has 1 aromatic heterocycles. The van der Waals surface area contributed by atoms with E-state index in [0.29, 0.717) is 0 Å². The Morgan fingerprint density at radius 2 is 1.90 bits per heavy atom. The Hall–Kier alpha value is -2.62. The third-order valence-corrected chi connectivity index (χ3v) is 2.79. The van der Waals surface area contributed by atoms with Crippen molar-refractivity contribution in [1.29, 1.82) is 0 Å². The molecule has 0 aliphatic carbocycles. The fraction of sp³-hybridized carbons (Fsp3) is 0.100. The van der Waals surface area contributed by atoms with Crippen LogP contribution in [0.5, 0.6) is 0 Å². The first kappa shape index (κ1) is 13.8. The van der Waals surface area contributed by atoms with Gasteiger partial charge in [-0.1, -0.05) is 12.1 Å². The van der Waals surface area contributed by atoms with Crippen LogP contribution in [0.3, 0.4) is 0 Å². The lowest BCUT2D eigenvalue weighted by Gasteiger charge is -2.10. The summed E-state index contributed by atoms with van der Waals surface area (Å²) in [4.78, 5) is 11.9. The van der Waals surface area contributed by atoms with Crippen LogP contribution in [0.15, 0.2) is 28.9 Å². The molecule has 1 aromatic carbocycles. The zero-order valence-electron chi connectivity index (χ0n) is 10.3. The molecular weight excluding hydrogens is 286 g/mol. The molecule has 0 unspecified atom stereocenters. The van der Waals surface area contributed by atoms with Crippen molar-refractivity contribution < 1.29 is 17.8 Å². The second-order valence-electron chi connectivity index (χ2n) is 3.87. The molecule has 1 amide bonds. The summed E-state index contributed by atoms with van der Waals surface area (Å²) in [5.74, 6) is -0.817. The molecule has 0 spiro atoms. The van der Waals surface area contributed by atoms with Gasteiger partial charge in [-0.05, 0) is 22.4 Å². The van der Waals surface area contributed by atoms with E-state index in [1.807, 2.05) is 0 Å². The maximum Gasteiger partial charge on any atom is 0.281 e. The number of nitrogens with zero attached hydrogens (tertiary/aromatic N) is 2. The van der Waals surface area contributed by atoms with Gasteiger partial charge in [0.2, 0.25) is 21.5 Å². The summed E-state index contributed by atoms with van der Waals surface area (Å²) in [6, 6.07) is 6.28. The molecule has 0 atom stereocenters. The molecule has 0 aliphatic rings. The van der Waals surface area contributed by atoms with Crippen molar-refractivity contribution in [2.75, 3.05) is 22.0 Å². The van der Waals surface area contributed by atoms with Gasteiger partial charge in [0.1, 0.15) is 0 Å². The second kappa shape index (κ2) is 5.17. The van der Waals surface area contributed by atoms with Crippen LogP contribution in [-0.4, -0.2) is 30.9 Å². The molecule has 1 heterocycles. The number of benzene rings is 1. The van der Waals surface area contributed by atoms with Crippen molar-refractivity contribution in [3.8, 4) is 0 Å². The Morgan fingerprint density at radius 3 is 2.45 bits per heavy atom. The minimum atomic E-state index is -3.47. The minimum absolute atomic E-state index is 0.156. The maximum atomic E-state index is 11.9. The van der Waals surface area contributed by atoms with Gasteiger partial charge in [0.25, 0.3) is 5.91 Å². The van der Waals surface area contributed by atoms with Gasteiger partial charge in [0, 0.05) is 0 Å². The smallest absolute Gasteiger partial charge is 0.281 e. The molecule has 9 nitrogen and oxygen atoms in total. The summed E-state index contributed by atoms with van der Waals surface area (Å²) in [6.45, 7) is 0. The van der Waals surface area contributed by atoms with Gasteiger partial charge in [-0.2, -0.15) is 0 Å². The van der Waals surface area contributed by atoms with Crippen LogP contribution in [0, 0.1) is 0 Å². The maximum absolute atomic E-state index is 11.9. The number of carbonyl (C=O) groups excluding carboxylic acids is 1. The SMILES string of the molecule is CS(=O)(=O)Nc1ccccc1NC(=O)c1nonc1N. The Balaban J connectivity index is 2.26. The van der Waals surface area contributed by atoms with Crippen molar-refractivity contribution in [1.82, 2.24) is 10.3 Å². The molecule has 20 heavy (non-hydrogen) atoms. The van der Waals surface area contributed by atoms with Gasteiger partial charge in [-0.15, -0.1) is 0 Å². The van der Waals surface area contributed by atoms with E-state index in [0.717, 1.165) is 6.26 Å². The van der Waals surface area contributed by atoms with E-state index in [1.165, 1.54) is 12.1 Å². The van der Waals surface area contributed by atoms with Gasteiger partial charge in [0.05, 0.1) is 17.6 Å². The lowest BCUT2D eigenvalue weighted by molar-refractivity contribution is 0.101. The van der Waals surface area contributed by atoms with Gasteiger partial charge in [0.15, 0.2) is 0 Å². The van der Waals surface area contributed by atoms with E-state index in [2.05, 4.69) is 25.0 Å². The van der Waals surface area contributed by atoms with E-state index in [-0.39, 0.29) is 22.9 Å². The largest absolute Gasteiger partial charge is 0.379 e. The predicted octanol–water partition coefficient (Wildman–Crippen LogP) is 0.276. The Kier molecular flexibility index (Phi) is 3.57. The van der Waals surface area contributed by atoms with E-state index >= 15 is 0 Å². The highest BCUT2D eigenvalue weighted by Crippen LogP contribution is 2.22. The third kappa shape index (κ3) is 3.23. The molecule has 0 bridgehead atoms. The highest BCUT2D eigenvalue weighted by Gasteiger charge is 2.17. The number of anilines is 3. The molecule has 10 heteroatoms. The standard InChI is InChI=1S/C10H11N5O4S/c1-20(17,18)15-7-5-3-2-4-6(7)12-10(16)8-9(11)14-19-13-8/h2-5,15H,1H3,(H2,11,14)(H,12,16). The van der Waals surface area contributed by atoms with Gasteiger partial charge >= 0.3 is 0 Å². The van der Waals surface area contributed by atoms with Gasteiger partial charge in [-0.25, -0.2) is 13.0 Å². The summed E-state index contributed by atoms with van der Waals surface area (Å²) < 4.78 is 29.1. The molecule has 0 saturated carbocycles. The summed E-state index contributed by atoms with van der Waals surface area (Å²) >= 11 is 0. The van der Waals surface area contributed by atoms with E-state index in [1.54, 1.807) is 12.1 Å². The molecule has 0 radical (unpaired) electrons. The summed E-state index contributed by atoms with van der Waals surface area (Å²) in [6.07, 6.45) is 1.01. The number of carbonyl (C=O) groups is 1. The molecule has 106 valence electrons. The number of amides is 1. The summed E-state index contributed by atoms with van der Waals surface area (Å²) in [5, 5.41) is 9.10. The fourth-order valence-corrected chi connectivity index (χ4v) is 1.99. The molecule has 2 aromatic rings. The average molecular weight is 297 g/mol. The van der Waals surface area contributed by atoms with Crippen LogP contribution >= 0.6 is 0 Å². The molecule has 0 fully saturated rings. The normalized spacial score (nSPS) is 11.1. The predicted molar refractivity (Wildman–Crippen MR) is 71.6 cm³/mol. The minimum Gasteiger partial charge on any atom is -0.379 e. The zero-order chi connectivity index (χ0) is 14.8. The molecular formula is C10H11N5O4S. The number of hydrogen-bond acceptors (Lipinski definition) is 7. The number of hydrogen-bond donors (Lipinski definition) is 3. The van der Waals surface area contributed by atoms with E-state index in [4.69, 9.17) is 5.73 Å². The molecule has 2 rings (SSSR count). The first-order valence-electron chi connectivity index (χ1n) is 5.33. The number of rotatable bonds is 4. The summed E-state index contributed by atoms with van der Waals surface area (Å²) in [7, 11) is -3.47. The quantitative estimate of drug-likeness (QED) is 0.735. The Morgan fingerprint density at radius 1 is 1.25 bits per heavy atom. The van der Waals surface area contributed by atoms with E-state index < -0.39 is 15.9 Å². The number of nitrogens with two attached hydrogens (primary N) is 1. The summed E-state index contributed by atoms with van der Waals surface area (Å²) in [5.41, 5.74) is 5.69. The number of aromatic nitrogens is 2. The van der Waals surface area contributed by atoms with Gasteiger partial charge in [-0.3, -0.25) is 9.52 Å². The van der Waals surface area contributed by atoms with Crippen molar-refractivity contribution in [2.45, 2.75) is 0 Å². The number of nitrogen functional groups attached to an aromatic ring is 1. The van der Waals surface area contributed by atoms with Crippen molar-refractivity contribution in [2.24, 2.45) is 0 Å². The van der Waals surface area contributed by atoms with Crippen LogP contribution in [0.4, 0.5) is 17.2 Å². The first-order chi connectivity index (χ1) is 9.37. The second-order valence-corrected chi connectivity index (χ2v) is 5.62. The number of para-hydroxylation sites is 2. The van der Waals surface area contributed by atoms with Crippen LogP contribution < -0.4 is 15.8 Å². The third-order valence-electron chi connectivity index (χ3n) is 2.20. The molecule has 0 aliphatic heterocycles. The van der Waals surface area contributed by atoms with Gasteiger partial charge < -0.3 is 11.1 Å². The van der Waals surface area contributed by atoms with E-state index in [9.17, 15) is 13.2 Å². The highest BCUT2D eigenvalue weighted by molar-refractivity contribution is 7.92. The van der Waals surface area contributed by atoms with Crippen LogP contribution in [0.25, 0.3) is 0 Å².